The Balaban J connectivity index is 2.14. The van der Waals surface area contributed by atoms with E-state index >= 15 is 0 Å². The average Bonchev–Trinajstić information content (AvgIpc) is 2.45. The number of thioether (sulfide) groups is 1. The maximum atomic E-state index is 4.45. The quantitative estimate of drug-likeness (QED) is 0.654. The van der Waals surface area contributed by atoms with Gasteiger partial charge in [-0.05, 0) is 0 Å². The first-order valence-electron chi connectivity index (χ1n) is 4.65. The van der Waals surface area contributed by atoms with Gasteiger partial charge in [0, 0.05) is 31.5 Å². The summed E-state index contributed by atoms with van der Waals surface area (Å²) in [4.78, 5) is 4.45. The van der Waals surface area contributed by atoms with Gasteiger partial charge in [-0.1, -0.05) is 0 Å². The van der Waals surface area contributed by atoms with Gasteiger partial charge in [0.25, 0.3) is 0 Å². The van der Waals surface area contributed by atoms with Gasteiger partial charge in [0.2, 0.25) is 0 Å². The van der Waals surface area contributed by atoms with E-state index in [2.05, 4.69) is 21.9 Å². The first-order valence-corrected chi connectivity index (χ1v) is 5.81. The zero-order chi connectivity index (χ0) is 8.89. The van der Waals surface area contributed by atoms with Crippen molar-refractivity contribution in [1.82, 2.24) is 14.9 Å². The van der Waals surface area contributed by atoms with Gasteiger partial charge in [0.1, 0.15) is 0 Å². The molecule has 0 aromatic carbocycles. The molecule has 1 N–H and O–H groups in total. The van der Waals surface area contributed by atoms with Crippen molar-refractivity contribution in [3.8, 4) is 0 Å². The first kappa shape index (κ1) is 7.88. The van der Waals surface area contributed by atoms with Gasteiger partial charge in [0.05, 0.1) is 23.3 Å². The third kappa shape index (κ3) is 0.929. The zero-order valence-corrected chi connectivity index (χ0v) is 8.52. The van der Waals surface area contributed by atoms with Crippen LogP contribution in [0.1, 0.15) is 11.4 Å². The van der Waals surface area contributed by atoms with E-state index in [1.54, 1.807) is 0 Å². The van der Waals surface area contributed by atoms with Crippen molar-refractivity contribution in [3.05, 3.63) is 17.7 Å². The van der Waals surface area contributed by atoms with E-state index in [1.807, 2.05) is 18.1 Å². The predicted molar refractivity (Wildman–Crippen MR) is 53.9 cm³/mol. The van der Waals surface area contributed by atoms with Gasteiger partial charge in [-0.3, -0.25) is 0 Å². The molecular formula is C9H13N3S. The van der Waals surface area contributed by atoms with Crippen LogP contribution in [0, 0.1) is 0 Å². The Morgan fingerprint density at radius 2 is 2.46 bits per heavy atom. The van der Waals surface area contributed by atoms with Crippen LogP contribution < -0.4 is 5.32 Å². The summed E-state index contributed by atoms with van der Waals surface area (Å²) in [6.07, 6.45) is 3.03. The molecule has 1 aromatic rings. The molecule has 1 fully saturated rings. The van der Waals surface area contributed by atoms with Gasteiger partial charge in [-0.15, -0.1) is 0 Å². The second-order valence-electron chi connectivity index (χ2n) is 3.90. The number of aryl methyl sites for hydroxylation is 1. The zero-order valence-electron chi connectivity index (χ0n) is 7.71. The summed E-state index contributed by atoms with van der Waals surface area (Å²) in [6.45, 7) is 1.09. The lowest BCUT2D eigenvalue weighted by atomic mass is 9.92. The van der Waals surface area contributed by atoms with Gasteiger partial charge in [-0.25, -0.2) is 4.98 Å². The molecule has 1 aromatic heterocycles. The molecule has 0 unspecified atom stereocenters. The summed E-state index contributed by atoms with van der Waals surface area (Å²) in [5.74, 6) is 2.42. The Bertz CT molecular complexity index is 341. The van der Waals surface area contributed by atoms with Crippen LogP contribution in [0.15, 0.2) is 6.33 Å². The summed E-state index contributed by atoms with van der Waals surface area (Å²) in [5.41, 5.74) is 3.00. The number of nitrogens with one attached hydrogen (secondary N) is 1. The molecule has 1 spiro atoms. The van der Waals surface area contributed by atoms with Crippen molar-refractivity contribution >= 4 is 11.8 Å². The molecule has 3 heterocycles. The second kappa shape index (κ2) is 2.51. The van der Waals surface area contributed by atoms with Crippen LogP contribution in [0.4, 0.5) is 0 Å². The summed E-state index contributed by atoms with van der Waals surface area (Å²) in [6, 6.07) is 0. The highest BCUT2D eigenvalue weighted by Gasteiger charge is 2.44. The lowest BCUT2D eigenvalue weighted by Gasteiger charge is -2.45. The van der Waals surface area contributed by atoms with E-state index < -0.39 is 0 Å². The summed E-state index contributed by atoms with van der Waals surface area (Å²) in [7, 11) is 2.10. The fraction of sp³-hybridized carbons (Fsp3) is 0.667. The van der Waals surface area contributed by atoms with Crippen molar-refractivity contribution in [2.75, 3.05) is 18.1 Å². The molecule has 70 valence electrons. The molecule has 3 rings (SSSR count). The molecule has 0 radical (unpaired) electrons. The highest BCUT2D eigenvalue weighted by Crippen LogP contribution is 2.41. The number of aromatic nitrogens is 2. The number of fused-ring (bicyclic) bond motifs is 2. The van der Waals surface area contributed by atoms with Crippen molar-refractivity contribution in [1.29, 1.82) is 0 Å². The SMILES string of the molecule is Cn1cnc2c1C1(CSC1)NCC2. The molecule has 2 aliphatic heterocycles. The van der Waals surface area contributed by atoms with Gasteiger partial charge in [0.15, 0.2) is 0 Å². The van der Waals surface area contributed by atoms with Crippen molar-refractivity contribution < 1.29 is 0 Å². The second-order valence-corrected chi connectivity index (χ2v) is 4.89. The van der Waals surface area contributed by atoms with Crippen molar-refractivity contribution in [2.24, 2.45) is 7.05 Å². The predicted octanol–water partition coefficient (Wildman–Crippen LogP) is 0.508. The summed E-state index contributed by atoms with van der Waals surface area (Å²) in [5, 5.41) is 3.63. The van der Waals surface area contributed by atoms with Gasteiger partial charge in [-0.2, -0.15) is 11.8 Å². The fourth-order valence-electron chi connectivity index (χ4n) is 2.32. The molecule has 2 aliphatic rings. The minimum absolute atomic E-state index is 0.267. The van der Waals surface area contributed by atoms with E-state index in [1.165, 1.54) is 22.9 Å². The number of rotatable bonds is 0. The highest BCUT2D eigenvalue weighted by molar-refractivity contribution is 8.00. The molecule has 0 bridgehead atoms. The van der Waals surface area contributed by atoms with Crippen LogP contribution in [-0.2, 0) is 19.0 Å². The molecule has 0 atom stereocenters. The Kier molecular flexibility index (Phi) is 1.52. The highest BCUT2D eigenvalue weighted by atomic mass is 32.2. The van der Waals surface area contributed by atoms with E-state index in [4.69, 9.17) is 0 Å². The fourth-order valence-corrected chi connectivity index (χ4v) is 3.41. The van der Waals surface area contributed by atoms with E-state index in [0.717, 1.165) is 13.0 Å². The number of hydrogen-bond donors (Lipinski definition) is 1. The average molecular weight is 195 g/mol. The number of nitrogens with zero attached hydrogens (tertiary/aromatic N) is 2. The van der Waals surface area contributed by atoms with E-state index in [9.17, 15) is 0 Å². The molecule has 0 saturated carbocycles. The lowest BCUT2D eigenvalue weighted by Crippen LogP contribution is -2.57. The normalized spacial score (nSPS) is 24.1. The minimum Gasteiger partial charge on any atom is -0.336 e. The van der Waals surface area contributed by atoms with Gasteiger partial charge < -0.3 is 9.88 Å². The Morgan fingerprint density at radius 1 is 1.62 bits per heavy atom. The molecule has 0 amide bonds. The maximum Gasteiger partial charge on any atom is 0.0949 e. The maximum absolute atomic E-state index is 4.45. The van der Waals surface area contributed by atoms with Crippen LogP contribution in [0.3, 0.4) is 0 Å². The smallest absolute Gasteiger partial charge is 0.0949 e. The van der Waals surface area contributed by atoms with Crippen molar-refractivity contribution in [3.63, 3.8) is 0 Å². The summed E-state index contributed by atoms with van der Waals surface area (Å²) >= 11 is 2.01. The third-order valence-corrected chi connectivity index (χ3v) is 4.38. The van der Waals surface area contributed by atoms with Crippen LogP contribution >= 0.6 is 11.8 Å². The Labute approximate surface area is 81.9 Å². The molecular weight excluding hydrogens is 182 g/mol. The standard InChI is InChI=1S/C9H13N3S/c1-12-6-10-7-2-3-11-9(8(7)12)4-13-5-9/h6,11H,2-5H2,1H3. The Hall–Kier alpha value is -0.480. The monoisotopic (exact) mass is 195 g/mol. The molecule has 4 heteroatoms. The number of imidazole rings is 1. The minimum atomic E-state index is 0.267. The molecule has 1 saturated heterocycles. The van der Waals surface area contributed by atoms with Crippen LogP contribution in [0.5, 0.6) is 0 Å². The topological polar surface area (TPSA) is 29.9 Å². The van der Waals surface area contributed by atoms with E-state index in [0.29, 0.717) is 0 Å². The van der Waals surface area contributed by atoms with E-state index in [-0.39, 0.29) is 5.54 Å². The molecule has 3 nitrogen and oxygen atoms in total. The molecule has 13 heavy (non-hydrogen) atoms. The lowest BCUT2D eigenvalue weighted by molar-refractivity contribution is 0.356. The summed E-state index contributed by atoms with van der Waals surface area (Å²) < 4.78 is 2.18. The van der Waals surface area contributed by atoms with Crippen LogP contribution in [0.25, 0.3) is 0 Å². The first-order chi connectivity index (χ1) is 6.32. The Morgan fingerprint density at radius 3 is 3.15 bits per heavy atom. The third-order valence-electron chi connectivity index (χ3n) is 2.99. The van der Waals surface area contributed by atoms with Crippen molar-refractivity contribution in [2.45, 2.75) is 12.0 Å². The van der Waals surface area contributed by atoms with Gasteiger partial charge >= 0.3 is 0 Å². The van der Waals surface area contributed by atoms with Crippen LogP contribution in [0.2, 0.25) is 0 Å². The number of hydrogen-bond acceptors (Lipinski definition) is 3. The largest absolute Gasteiger partial charge is 0.336 e. The molecule has 0 aliphatic carbocycles. The van der Waals surface area contributed by atoms with Crippen LogP contribution in [-0.4, -0.2) is 27.6 Å².